The van der Waals surface area contributed by atoms with Crippen molar-refractivity contribution in [2.45, 2.75) is 125 Å². The van der Waals surface area contributed by atoms with E-state index in [4.69, 9.17) is 0 Å². The van der Waals surface area contributed by atoms with Crippen LogP contribution < -0.4 is 0 Å². The summed E-state index contributed by atoms with van der Waals surface area (Å²) in [6.07, 6.45) is 9.05. The lowest BCUT2D eigenvalue weighted by Gasteiger charge is -2.26. The second-order valence-electron chi connectivity index (χ2n) is 12.9. The molecule has 3 aromatic carbocycles. The fourth-order valence-electron chi connectivity index (χ4n) is 6.36. The molecule has 0 saturated heterocycles. The molecule has 3 rings (SSSR count). The minimum atomic E-state index is 0.264. The highest BCUT2D eigenvalue weighted by Gasteiger charge is 2.22. The summed E-state index contributed by atoms with van der Waals surface area (Å²) in [7, 11) is 0. The summed E-state index contributed by atoms with van der Waals surface area (Å²) in [5.74, 6) is 2.20. The first kappa shape index (κ1) is 32.6. The van der Waals surface area contributed by atoms with E-state index in [1.807, 2.05) is 18.2 Å². The normalized spacial score (nSPS) is 12.4. The van der Waals surface area contributed by atoms with E-state index in [9.17, 15) is 15.3 Å². The van der Waals surface area contributed by atoms with Crippen LogP contribution in [0.3, 0.4) is 0 Å². The van der Waals surface area contributed by atoms with Gasteiger partial charge >= 0.3 is 0 Å². The smallest absolute Gasteiger partial charge is 0.119 e. The molecule has 0 saturated carbocycles. The molecule has 0 fully saturated rings. The molecule has 0 aliphatic heterocycles. The van der Waals surface area contributed by atoms with Gasteiger partial charge in [-0.2, -0.15) is 0 Å². The Morgan fingerprint density at radius 1 is 0.561 bits per heavy atom. The Morgan fingerprint density at radius 2 is 1.02 bits per heavy atom. The summed E-state index contributed by atoms with van der Waals surface area (Å²) in [6, 6.07) is 12.6. The van der Waals surface area contributed by atoms with Gasteiger partial charge in [-0.05, 0) is 152 Å². The lowest BCUT2D eigenvalue weighted by atomic mass is 9.79. The van der Waals surface area contributed by atoms with E-state index in [0.717, 1.165) is 91.2 Å². The number of benzene rings is 3. The monoisotopic (exact) mass is 558 g/mol. The molecular weight excluding hydrogens is 504 g/mol. The minimum absolute atomic E-state index is 0.264. The summed E-state index contributed by atoms with van der Waals surface area (Å²) in [5.41, 5.74) is 10.5. The second kappa shape index (κ2) is 14.8. The van der Waals surface area contributed by atoms with Gasteiger partial charge in [-0.25, -0.2) is 0 Å². The summed E-state index contributed by atoms with van der Waals surface area (Å²) >= 11 is 0. The van der Waals surface area contributed by atoms with Crippen LogP contribution in [0.5, 0.6) is 17.2 Å². The van der Waals surface area contributed by atoms with Crippen molar-refractivity contribution in [3.05, 3.63) is 86.5 Å². The number of rotatable bonds is 14. The van der Waals surface area contributed by atoms with Gasteiger partial charge in [0.15, 0.2) is 0 Å². The fraction of sp³-hybridized carbons (Fsp3) is 0.526. The Morgan fingerprint density at radius 3 is 1.46 bits per heavy atom. The van der Waals surface area contributed by atoms with Crippen molar-refractivity contribution >= 4 is 0 Å². The van der Waals surface area contributed by atoms with Crippen LogP contribution in [0.15, 0.2) is 36.4 Å². The number of hydrogen-bond donors (Lipinski definition) is 3. The number of unbranched alkanes of at least 4 members (excludes halogenated alkanes) is 2. The summed E-state index contributed by atoms with van der Waals surface area (Å²) in [5, 5.41) is 31.9. The van der Waals surface area contributed by atoms with E-state index >= 15 is 0 Å². The van der Waals surface area contributed by atoms with Gasteiger partial charge in [-0.1, -0.05) is 65.7 Å². The third-order valence-corrected chi connectivity index (χ3v) is 8.95. The molecule has 0 aliphatic carbocycles. The first-order valence-electron chi connectivity index (χ1n) is 15.9. The number of phenolic OH excluding ortho intramolecular Hbond substituents is 3. The number of hydrogen-bond acceptors (Lipinski definition) is 3. The van der Waals surface area contributed by atoms with E-state index in [1.165, 1.54) is 16.7 Å². The van der Waals surface area contributed by atoms with Gasteiger partial charge in [-0.15, -0.1) is 0 Å². The molecule has 1 atom stereocenters. The standard InChI is InChI=1S/C38H54O3/c1-9-11-13-30-21-32(25(5)16-36(30)39)19-29(20-33-22-31(14-12-10-2)37(40)17-26(33)6)15-27(7)35-23-34(24(3)4)38(41)18-28(35)8/h16-18,21-24,27,29,39-41H,9-15,19-20H2,1-8H3. The fourth-order valence-corrected chi connectivity index (χ4v) is 6.36. The van der Waals surface area contributed by atoms with Crippen molar-refractivity contribution in [2.75, 3.05) is 0 Å². The molecule has 0 radical (unpaired) electrons. The van der Waals surface area contributed by atoms with Crippen molar-refractivity contribution in [1.29, 1.82) is 0 Å². The molecule has 3 N–H and O–H groups in total. The maximum Gasteiger partial charge on any atom is 0.119 e. The topological polar surface area (TPSA) is 60.7 Å². The van der Waals surface area contributed by atoms with Gasteiger partial charge in [0, 0.05) is 0 Å². The summed E-state index contributed by atoms with van der Waals surface area (Å²) in [4.78, 5) is 0. The largest absolute Gasteiger partial charge is 0.508 e. The molecule has 3 heteroatoms. The first-order valence-corrected chi connectivity index (χ1v) is 15.9. The van der Waals surface area contributed by atoms with Gasteiger partial charge in [-0.3, -0.25) is 0 Å². The van der Waals surface area contributed by atoms with Crippen LogP contribution in [-0.4, -0.2) is 15.3 Å². The maximum atomic E-state index is 10.6. The average molecular weight is 559 g/mol. The van der Waals surface area contributed by atoms with Crippen LogP contribution in [0.25, 0.3) is 0 Å². The van der Waals surface area contributed by atoms with Crippen molar-refractivity contribution in [3.63, 3.8) is 0 Å². The minimum Gasteiger partial charge on any atom is -0.508 e. The SMILES string of the molecule is CCCCc1cc(CC(Cc2cc(CCCC)c(O)cc2C)CC(C)c2cc(C(C)C)c(O)cc2C)c(C)cc1O. The molecule has 41 heavy (non-hydrogen) atoms. The highest BCUT2D eigenvalue weighted by Crippen LogP contribution is 2.37. The Hall–Kier alpha value is -2.94. The third-order valence-electron chi connectivity index (χ3n) is 8.95. The molecule has 0 amide bonds. The Bertz CT molecular complexity index is 1240. The molecule has 1 unspecified atom stereocenters. The second-order valence-corrected chi connectivity index (χ2v) is 12.9. The molecule has 0 spiro atoms. The molecule has 0 aromatic heterocycles. The van der Waals surface area contributed by atoms with Crippen LogP contribution >= 0.6 is 0 Å². The quantitative estimate of drug-likeness (QED) is 0.184. The molecule has 0 aliphatic rings. The van der Waals surface area contributed by atoms with Crippen LogP contribution in [0.1, 0.15) is 129 Å². The van der Waals surface area contributed by atoms with Crippen molar-refractivity contribution in [3.8, 4) is 17.2 Å². The molecule has 3 aromatic rings. The zero-order valence-electron chi connectivity index (χ0n) is 26.9. The average Bonchev–Trinajstić information content (AvgIpc) is 2.90. The lowest BCUT2D eigenvalue weighted by molar-refractivity contribution is 0.434. The summed E-state index contributed by atoms with van der Waals surface area (Å²) < 4.78 is 0. The maximum absolute atomic E-state index is 10.6. The molecule has 3 nitrogen and oxygen atoms in total. The zero-order chi connectivity index (χ0) is 30.3. The summed E-state index contributed by atoms with van der Waals surface area (Å²) in [6.45, 7) is 17.3. The van der Waals surface area contributed by atoms with Crippen LogP contribution in [-0.2, 0) is 25.7 Å². The molecule has 224 valence electrons. The first-order chi connectivity index (χ1) is 19.4. The predicted octanol–water partition coefficient (Wildman–Crippen LogP) is 10.1. The van der Waals surface area contributed by atoms with Gasteiger partial charge in [0.1, 0.15) is 17.2 Å². The molecule has 0 bridgehead atoms. The lowest BCUT2D eigenvalue weighted by Crippen LogP contribution is -2.15. The van der Waals surface area contributed by atoms with Crippen LogP contribution in [0, 0.1) is 26.7 Å². The highest BCUT2D eigenvalue weighted by molar-refractivity contribution is 5.45. The van der Waals surface area contributed by atoms with Gasteiger partial charge in [0.05, 0.1) is 0 Å². The van der Waals surface area contributed by atoms with E-state index in [1.54, 1.807) is 0 Å². The highest BCUT2D eigenvalue weighted by atomic mass is 16.3. The Balaban J connectivity index is 2.01. The van der Waals surface area contributed by atoms with Crippen molar-refractivity contribution < 1.29 is 15.3 Å². The number of phenols is 3. The predicted molar refractivity (Wildman–Crippen MR) is 174 cm³/mol. The Labute approximate surface area is 249 Å². The molecular formula is C38H54O3. The van der Waals surface area contributed by atoms with E-state index in [-0.39, 0.29) is 5.92 Å². The number of aromatic hydroxyl groups is 3. The van der Waals surface area contributed by atoms with Crippen LogP contribution in [0.2, 0.25) is 0 Å². The third kappa shape index (κ3) is 8.53. The van der Waals surface area contributed by atoms with Gasteiger partial charge < -0.3 is 15.3 Å². The van der Waals surface area contributed by atoms with Crippen molar-refractivity contribution in [2.24, 2.45) is 5.92 Å². The van der Waals surface area contributed by atoms with E-state index < -0.39 is 0 Å². The zero-order valence-corrected chi connectivity index (χ0v) is 26.9. The van der Waals surface area contributed by atoms with Gasteiger partial charge in [0.25, 0.3) is 0 Å². The Kier molecular flexibility index (Phi) is 11.8. The van der Waals surface area contributed by atoms with E-state index in [2.05, 4.69) is 73.6 Å². The molecule has 0 heterocycles. The van der Waals surface area contributed by atoms with E-state index in [0.29, 0.717) is 29.1 Å². The van der Waals surface area contributed by atoms with Crippen LogP contribution in [0.4, 0.5) is 0 Å². The van der Waals surface area contributed by atoms with Crippen molar-refractivity contribution in [1.82, 2.24) is 0 Å². The number of aryl methyl sites for hydroxylation is 5. The van der Waals surface area contributed by atoms with Gasteiger partial charge in [0.2, 0.25) is 0 Å².